The number of ether oxygens (including phenoxy) is 2. The van der Waals surface area contributed by atoms with Crippen LogP contribution in [0.15, 0.2) is 78.9 Å². The molecule has 5 nitrogen and oxygen atoms in total. The van der Waals surface area contributed by atoms with Gasteiger partial charge in [0.1, 0.15) is 18.1 Å². The van der Waals surface area contributed by atoms with Crippen molar-refractivity contribution in [3.63, 3.8) is 0 Å². The van der Waals surface area contributed by atoms with Gasteiger partial charge in [0.15, 0.2) is 11.2 Å². The molecule has 3 aromatic carbocycles. The molecule has 0 aromatic heterocycles. The second-order valence-corrected chi connectivity index (χ2v) is 7.52. The molecule has 1 amide bonds. The van der Waals surface area contributed by atoms with Crippen LogP contribution in [-0.4, -0.2) is 17.1 Å². The van der Waals surface area contributed by atoms with Crippen LogP contribution in [0.2, 0.25) is 0 Å². The van der Waals surface area contributed by atoms with E-state index in [4.69, 9.17) is 21.7 Å². The lowest BCUT2D eigenvalue weighted by Gasteiger charge is -2.16. The summed E-state index contributed by atoms with van der Waals surface area (Å²) in [4.78, 5) is 12.7. The van der Waals surface area contributed by atoms with E-state index in [-0.39, 0.29) is 16.9 Å². The molecule has 1 aliphatic rings. The zero-order valence-corrected chi connectivity index (χ0v) is 17.3. The predicted molar refractivity (Wildman–Crippen MR) is 121 cm³/mol. The maximum atomic E-state index is 12.7. The lowest BCUT2D eigenvalue weighted by atomic mass is 9.97. The first kappa shape index (κ1) is 19.9. The van der Waals surface area contributed by atoms with Gasteiger partial charge in [0.05, 0.1) is 0 Å². The van der Waals surface area contributed by atoms with Crippen molar-refractivity contribution in [1.29, 1.82) is 0 Å². The largest absolute Gasteiger partial charge is 0.489 e. The molecule has 0 aliphatic carbocycles. The van der Waals surface area contributed by atoms with Crippen LogP contribution in [0.3, 0.4) is 0 Å². The van der Waals surface area contributed by atoms with E-state index < -0.39 is 6.10 Å². The highest BCUT2D eigenvalue weighted by atomic mass is 32.1. The molecule has 152 valence electrons. The zero-order chi connectivity index (χ0) is 20.9. The van der Waals surface area contributed by atoms with Gasteiger partial charge >= 0.3 is 0 Å². The number of hydrogen-bond acceptors (Lipinski definition) is 4. The van der Waals surface area contributed by atoms with Gasteiger partial charge in [0.2, 0.25) is 0 Å². The first-order chi connectivity index (χ1) is 14.6. The maximum Gasteiger partial charge on any atom is 0.267 e. The Morgan fingerprint density at radius 2 is 1.80 bits per heavy atom. The first-order valence-corrected chi connectivity index (χ1v) is 10.2. The molecule has 2 N–H and O–H groups in total. The predicted octanol–water partition coefficient (Wildman–Crippen LogP) is 4.64. The quantitative estimate of drug-likeness (QED) is 0.591. The van der Waals surface area contributed by atoms with Crippen LogP contribution in [0.4, 0.5) is 5.69 Å². The van der Waals surface area contributed by atoms with Gasteiger partial charge in [-0.3, -0.25) is 10.1 Å². The third-order valence-corrected chi connectivity index (χ3v) is 5.16. The molecule has 6 heteroatoms. The molecular formula is C24H22N2O3S. The van der Waals surface area contributed by atoms with E-state index in [0.29, 0.717) is 12.4 Å². The number of rotatable bonds is 5. The highest BCUT2D eigenvalue weighted by molar-refractivity contribution is 7.80. The van der Waals surface area contributed by atoms with Gasteiger partial charge < -0.3 is 14.8 Å². The minimum atomic E-state index is -0.609. The van der Waals surface area contributed by atoms with Crippen LogP contribution < -0.4 is 20.1 Å². The lowest BCUT2D eigenvalue weighted by molar-refractivity contribution is -0.126. The second kappa shape index (κ2) is 8.97. The van der Waals surface area contributed by atoms with E-state index in [0.717, 1.165) is 22.6 Å². The fourth-order valence-corrected chi connectivity index (χ4v) is 3.61. The SMILES string of the molecule is CC1c2ccccc2OC1C(=O)NC(=S)Nc1cccc(OCc2ccccc2)c1. The molecular weight excluding hydrogens is 396 g/mol. The summed E-state index contributed by atoms with van der Waals surface area (Å²) >= 11 is 5.32. The monoisotopic (exact) mass is 418 g/mol. The van der Waals surface area contributed by atoms with E-state index >= 15 is 0 Å². The van der Waals surface area contributed by atoms with Crippen molar-refractivity contribution >= 4 is 28.9 Å². The normalized spacial score (nSPS) is 16.8. The minimum absolute atomic E-state index is 0.0429. The van der Waals surface area contributed by atoms with Crippen molar-refractivity contribution in [3.05, 3.63) is 90.0 Å². The number of fused-ring (bicyclic) bond motifs is 1. The maximum absolute atomic E-state index is 12.7. The summed E-state index contributed by atoms with van der Waals surface area (Å²) in [5.41, 5.74) is 2.85. The van der Waals surface area contributed by atoms with Crippen LogP contribution in [0, 0.1) is 0 Å². The molecule has 0 spiro atoms. The number of carbonyl (C=O) groups is 1. The number of nitrogens with one attached hydrogen (secondary N) is 2. The second-order valence-electron chi connectivity index (χ2n) is 7.11. The molecule has 2 atom stereocenters. The van der Waals surface area contributed by atoms with Crippen LogP contribution in [-0.2, 0) is 11.4 Å². The zero-order valence-electron chi connectivity index (χ0n) is 16.5. The number of benzene rings is 3. The molecule has 0 saturated heterocycles. The average molecular weight is 419 g/mol. The molecule has 0 radical (unpaired) electrons. The molecule has 0 fully saturated rings. The number of para-hydroxylation sites is 1. The van der Waals surface area contributed by atoms with E-state index in [2.05, 4.69) is 10.6 Å². The number of hydrogen-bond donors (Lipinski definition) is 2. The number of carbonyl (C=O) groups excluding carboxylic acids is 1. The molecule has 30 heavy (non-hydrogen) atoms. The first-order valence-electron chi connectivity index (χ1n) is 9.74. The average Bonchev–Trinajstić information content (AvgIpc) is 3.10. The Balaban J connectivity index is 1.32. The van der Waals surface area contributed by atoms with Crippen molar-refractivity contribution in [3.8, 4) is 11.5 Å². The summed E-state index contributed by atoms with van der Waals surface area (Å²) in [5.74, 6) is 1.14. The molecule has 2 unspecified atom stereocenters. The van der Waals surface area contributed by atoms with Crippen LogP contribution in [0.5, 0.6) is 11.5 Å². The third-order valence-electron chi connectivity index (χ3n) is 4.95. The molecule has 4 rings (SSSR count). The highest BCUT2D eigenvalue weighted by Gasteiger charge is 2.36. The van der Waals surface area contributed by atoms with Crippen molar-refractivity contribution in [2.45, 2.75) is 25.6 Å². The summed E-state index contributed by atoms with van der Waals surface area (Å²) < 4.78 is 11.6. The molecule has 1 heterocycles. The Kier molecular flexibility index (Phi) is 5.95. The Labute approximate surface area is 181 Å². The summed E-state index contributed by atoms with van der Waals surface area (Å²) in [7, 11) is 0. The fourth-order valence-electron chi connectivity index (χ4n) is 3.40. The summed E-state index contributed by atoms with van der Waals surface area (Å²) in [5, 5.41) is 5.98. The molecule has 0 bridgehead atoms. The van der Waals surface area contributed by atoms with Crippen molar-refractivity contribution in [2.75, 3.05) is 5.32 Å². The summed E-state index contributed by atoms with van der Waals surface area (Å²) in [6, 6.07) is 25.1. The van der Waals surface area contributed by atoms with Gasteiger partial charge in [0.25, 0.3) is 5.91 Å². The van der Waals surface area contributed by atoms with Crippen LogP contribution in [0.1, 0.15) is 24.0 Å². The molecule has 1 aliphatic heterocycles. The Morgan fingerprint density at radius 3 is 2.60 bits per heavy atom. The van der Waals surface area contributed by atoms with E-state index in [1.807, 2.05) is 85.8 Å². The van der Waals surface area contributed by atoms with Gasteiger partial charge in [-0.2, -0.15) is 0 Å². The summed E-state index contributed by atoms with van der Waals surface area (Å²) in [6.07, 6.45) is -0.609. The van der Waals surface area contributed by atoms with Gasteiger partial charge in [-0.1, -0.05) is 61.5 Å². The standard InChI is InChI=1S/C24H22N2O3S/c1-16-20-12-5-6-13-21(20)29-22(16)23(27)26-24(30)25-18-10-7-11-19(14-18)28-15-17-8-3-2-4-9-17/h2-14,16,22H,15H2,1H3,(H2,25,26,27,30). The highest BCUT2D eigenvalue weighted by Crippen LogP contribution is 2.37. The van der Waals surface area contributed by atoms with E-state index in [1.54, 1.807) is 0 Å². The molecule has 0 saturated carbocycles. The van der Waals surface area contributed by atoms with Gasteiger partial charge in [-0.25, -0.2) is 0 Å². The Hall–Kier alpha value is -3.38. The number of anilines is 1. The van der Waals surface area contributed by atoms with Crippen LogP contribution >= 0.6 is 12.2 Å². The third kappa shape index (κ3) is 4.60. The summed E-state index contributed by atoms with van der Waals surface area (Å²) in [6.45, 7) is 2.45. The van der Waals surface area contributed by atoms with Gasteiger partial charge in [-0.15, -0.1) is 0 Å². The van der Waals surface area contributed by atoms with Crippen LogP contribution in [0.25, 0.3) is 0 Å². The van der Waals surface area contributed by atoms with Crippen molar-refractivity contribution in [1.82, 2.24) is 5.32 Å². The Bertz CT molecular complexity index is 1060. The lowest BCUT2D eigenvalue weighted by Crippen LogP contribution is -2.43. The van der Waals surface area contributed by atoms with Gasteiger partial charge in [-0.05, 0) is 36.0 Å². The van der Waals surface area contributed by atoms with Crippen molar-refractivity contribution < 1.29 is 14.3 Å². The molecule has 3 aromatic rings. The minimum Gasteiger partial charge on any atom is -0.489 e. The van der Waals surface area contributed by atoms with Crippen molar-refractivity contribution in [2.24, 2.45) is 0 Å². The smallest absolute Gasteiger partial charge is 0.267 e. The number of thiocarbonyl (C=S) groups is 1. The topological polar surface area (TPSA) is 59.6 Å². The fraction of sp³-hybridized carbons (Fsp3) is 0.167. The number of amides is 1. The Morgan fingerprint density at radius 1 is 1.03 bits per heavy atom. The van der Waals surface area contributed by atoms with Gasteiger partial charge in [0, 0.05) is 23.2 Å². The van der Waals surface area contributed by atoms with E-state index in [9.17, 15) is 4.79 Å². The van der Waals surface area contributed by atoms with E-state index in [1.165, 1.54) is 0 Å².